The van der Waals surface area contributed by atoms with Gasteiger partial charge in [0.2, 0.25) is 6.29 Å². The van der Waals surface area contributed by atoms with Gasteiger partial charge in [0.1, 0.15) is 35.9 Å². The number of phenolic OH excluding ortho intramolecular Hbond substituents is 1. The highest BCUT2D eigenvalue weighted by atomic mass is 35.5. The lowest BCUT2D eigenvalue weighted by molar-refractivity contribution is -0.277. The van der Waals surface area contributed by atoms with Crippen molar-refractivity contribution in [3.8, 4) is 11.5 Å². The molecule has 0 spiro atoms. The van der Waals surface area contributed by atoms with Crippen LogP contribution in [0.3, 0.4) is 0 Å². The summed E-state index contributed by atoms with van der Waals surface area (Å²) in [5, 5.41) is 54.8. The van der Waals surface area contributed by atoms with E-state index in [1.807, 2.05) is 48.5 Å². The molecule has 8 rings (SSSR count). The molecular weight excluding hydrogens is 731 g/mol. The second kappa shape index (κ2) is 13.8. The number of hydrogen-bond donors (Lipinski definition) is 5. The van der Waals surface area contributed by atoms with E-state index >= 15 is 0 Å². The fourth-order valence-electron chi connectivity index (χ4n) is 7.70. The number of amides is 2. The third-order valence-corrected chi connectivity index (χ3v) is 12.1. The first-order valence-corrected chi connectivity index (χ1v) is 18.7. The van der Waals surface area contributed by atoms with Gasteiger partial charge < -0.3 is 44.8 Å². The number of fused-ring (bicyclic) bond motifs is 6. The first-order chi connectivity index (χ1) is 25.1. The van der Waals surface area contributed by atoms with Crippen molar-refractivity contribution in [1.29, 1.82) is 0 Å². The Bertz CT molecular complexity index is 2210. The maximum atomic E-state index is 14.3. The van der Waals surface area contributed by atoms with Gasteiger partial charge in [-0.25, -0.2) is 0 Å². The Morgan fingerprint density at radius 1 is 0.750 bits per heavy atom. The number of ether oxygens (including phenoxy) is 2. The van der Waals surface area contributed by atoms with Crippen LogP contribution in [0, 0.1) is 0 Å². The van der Waals surface area contributed by atoms with Gasteiger partial charge >= 0.3 is 0 Å². The minimum absolute atomic E-state index is 0.0633. The molecule has 4 aromatic carbocycles. The van der Waals surface area contributed by atoms with E-state index in [1.54, 1.807) is 34.1 Å². The van der Waals surface area contributed by atoms with Crippen molar-refractivity contribution in [2.24, 2.45) is 0 Å². The standard InChI is InChI=1S/C38H34Cl2N2O9S/c39-13-18-15-41(24-11-26(44)20-5-1-3-7-22(20)31(18)24)36(48)29-9-10-30(52-29)37(49)42-16-19(14-40)32-23-8-4-2-6-21(23)27(12-25(32)42)50-38-35(47)34(46)33(45)28(17-43)51-38/h1-12,18-19,28,33-35,38,43-47H,13-17H2/t18-,19-,28-,33+,34+,35-,38-/m1/s1. The molecule has 4 heterocycles. The Hall–Kier alpha value is -3.98. The molecule has 52 heavy (non-hydrogen) atoms. The number of phenols is 1. The van der Waals surface area contributed by atoms with Crippen LogP contribution in [0.15, 0.2) is 72.8 Å². The number of alkyl halides is 2. The van der Waals surface area contributed by atoms with Crippen LogP contribution in [0.1, 0.15) is 42.3 Å². The number of halogens is 2. The molecule has 0 unspecified atom stereocenters. The average molecular weight is 766 g/mol. The molecule has 0 bridgehead atoms. The normalized spacial score (nSPS) is 25.5. The smallest absolute Gasteiger partial charge is 0.268 e. The number of anilines is 2. The van der Waals surface area contributed by atoms with E-state index in [0.29, 0.717) is 38.4 Å². The van der Waals surface area contributed by atoms with E-state index in [4.69, 9.17) is 32.7 Å². The predicted octanol–water partition coefficient (Wildman–Crippen LogP) is 4.90. The molecule has 270 valence electrons. The molecule has 3 aliphatic rings. The number of carbonyl (C=O) groups is 2. The van der Waals surface area contributed by atoms with E-state index in [1.165, 1.54) is 0 Å². The number of nitrogens with zero attached hydrogens (tertiary/aromatic N) is 2. The largest absolute Gasteiger partial charge is 0.507 e. The van der Waals surface area contributed by atoms with Gasteiger partial charge in [-0.2, -0.15) is 0 Å². The maximum Gasteiger partial charge on any atom is 0.268 e. The first kappa shape index (κ1) is 35.1. The molecule has 7 atom stereocenters. The van der Waals surface area contributed by atoms with Gasteiger partial charge in [-0.1, -0.05) is 48.5 Å². The molecule has 1 fully saturated rings. The summed E-state index contributed by atoms with van der Waals surface area (Å²) >= 11 is 13.9. The minimum Gasteiger partial charge on any atom is -0.507 e. The van der Waals surface area contributed by atoms with Crippen molar-refractivity contribution >= 4 is 79.3 Å². The number of aliphatic hydroxyl groups excluding tert-OH is 4. The molecule has 3 aliphatic heterocycles. The molecule has 2 amide bonds. The summed E-state index contributed by atoms with van der Waals surface area (Å²) in [5.74, 6) is -0.227. The summed E-state index contributed by atoms with van der Waals surface area (Å²) in [4.78, 5) is 32.2. The zero-order chi connectivity index (χ0) is 36.4. The number of thiophene rings is 1. The third-order valence-electron chi connectivity index (χ3n) is 10.3. The van der Waals surface area contributed by atoms with E-state index in [2.05, 4.69) is 0 Å². The maximum absolute atomic E-state index is 14.3. The van der Waals surface area contributed by atoms with Crippen LogP contribution >= 0.6 is 34.5 Å². The molecule has 5 N–H and O–H groups in total. The number of benzene rings is 4. The number of hydrogen-bond acceptors (Lipinski definition) is 10. The van der Waals surface area contributed by atoms with Gasteiger partial charge in [0.25, 0.3) is 11.8 Å². The lowest BCUT2D eigenvalue weighted by Gasteiger charge is -2.39. The highest BCUT2D eigenvalue weighted by molar-refractivity contribution is 7.16. The number of carbonyl (C=O) groups excluding carboxylic acids is 2. The van der Waals surface area contributed by atoms with Gasteiger partial charge in [-0.05, 0) is 34.0 Å². The molecule has 5 aromatic rings. The molecule has 0 radical (unpaired) electrons. The number of aliphatic hydroxyl groups is 4. The Labute approximate surface area is 311 Å². The van der Waals surface area contributed by atoms with Crippen LogP contribution in [0.5, 0.6) is 11.5 Å². The Balaban J connectivity index is 1.12. The Morgan fingerprint density at radius 2 is 1.27 bits per heavy atom. The van der Waals surface area contributed by atoms with Gasteiger partial charge in [0, 0.05) is 59.6 Å². The molecule has 14 heteroatoms. The van der Waals surface area contributed by atoms with Crippen LogP contribution in [-0.2, 0) is 4.74 Å². The second-order valence-corrected chi connectivity index (χ2v) is 14.9. The van der Waals surface area contributed by atoms with Gasteiger partial charge in [0.15, 0.2) is 0 Å². The SMILES string of the molecule is O=C(c1ccc(C(=O)N2C[C@@H](CCl)c3c2cc(O[C@@H]2O[C@H](CO)[C@H](O)[C@H](O)[C@H]2O)c2ccccc32)s1)N1C[C@@H](CCl)c2c1cc(O)c1ccccc21. The van der Waals surface area contributed by atoms with Crippen molar-refractivity contribution in [2.45, 2.75) is 42.5 Å². The first-order valence-electron chi connectivity index (χ1n) is 16.8. The van der Waals surface area contributed by atoms with Crippen LogP contribution < -0.4 is 14.5 Å². The topological polar surface area (TPSA) is 160 Å². The van der Waals surface area contributed by atoms with Gasteiger partial charge in [-0.3, -0.25) is 9.59 Å². The lowest BCUT2D eigenvalue weighted by Crippen LogP contribution is -2.60. The summed E-state index contributed by atoms with van der Waals surface area (Å²) in [6, 6.07) is 21.3. The predicted molar refractivity (Wildman–Crippen MR) is 199 cm³/mol. The summed E-state index contributed by atoms with van der Waals surface area (Å²) in [5.41, 5.74) is 2.85. The van der Waals surface area contributed by atoms with E-state index < -0.39 is 37.3 Å². The average Bonchev–Trinajstić information content (AvgIpc) is 3.91. The highest BCUT2D eigenvalue weighted by Gasteiger charge is 2.45. The highest BCUT2D eigenvalue weighted by Crippen LogP contribution is 2.48. The summed E-state index contributed by atoms with van der Waals surface area (Å²) < 4.78 is 11.8. The molecule has 11 nitrogen and oxygen atoms in total. The van der Waals surface area contributed by atoms with Crippen LogP contribution in [-0.4, -0.2) is 99.5 Å². The van der Waals surface area contributed by atoms with Crippen LogP contribution in [0.25, 0.3) is 21.5 Å². The van der Waals surface area contributed by atoms with Crippen molar-refractivity contribution in [3.05, 3.63) is 93.7 Å². The van der Waals surface area contributed by atoms with Crippen molar-refractivity contribution < 1.29 is 44.6 Å². The lowest BCUT2D eigenvalue weighted by atomic mass is 9.95. The number of rotatable bonds is 7. The quantitative estimate of drug-likeness (QED) is 0.145. The molecule has 1 saturated heterocycles. The van der Waals surface area contributed by atoms with Gasteiger partial charge in [0.05, 0.1) is 27.7 Å². The van der Waals surface area contributed by atoms with Crippen molar-refractivity contribution in [1.82, 2.24) is 0 Å². The molecule has 1 aromatic heterocycles. The molecule has 0 aliphatic carbocycles. The monoisotopic (exact) mass is 764 g/mol. The van der Waals surface area contributed by atoms with Gasteiger partial charge in [-0.15, -0.1) is 34.5 Å². The van der Waals surface area contributed by atoms with Crippen molar-refractivity contribution in [2.75, 3.05) is 41.3 Å². The van der Waals surface area contributed by atoms with Crippen LogP contribution in [0.4, 0.5) is 11.4 Å². The Morgan fingerprint density at radius 3 is 1.83 bits per heavy atom. The van der Waals surface area contributed by atoms with Crippen LogP contribution in [0.2, 0.25) is 0 Å². The zero-order valence-corrected chi connectivity index (χ0v) is 29.8. The third kappa shape index (κ3) is 5.60. The zero-order valence-electron chi connectivity index (χ0n) is 27.4. The Kier molecular flexibility index (Phi) is 9.29. The molecular formula is C38H34Cl2N2O9S. The second-order valence-electron chi connectivity index (χ2n) is 13.2. The van der Waals surface area contributed by atoms with Crippen molar-refractivity contribution in [3.63, 3.8) is 0 Å². The van der Waals surface area contributed by atoms with E-state index in [0.717, 1.165) is 33.2 Å². The summed E-state index contributed by atoms with van der Waals surface area (Å²) in [6.07, 6.45) is -7.42. The minimum atomic E-state index is -1.63. The van der Waals surface area contributed by atoms with E-state index in [9.17, 15) is 35.1 Å². The van der Waals surface area contributed by atoms with E-state index in [-0.39, 0.29) is 53.5 Å². The number of aromatic hydroxyl groups is 1. The fraction of sp³-hybridized carbons (Fsp3) is 0.316. The summed E-state index contributed by atoms with van der Waals surface area (Å²) in [7, 11) is 0. The fourth-order valence-corrected chi connectivity index (χ4v) is 9.11. The summed E-state index contributed by atoms with van der Waals surface area (Å²) in [6.45, 7) is -0.0270. The molecule has 0 saturated carbocycles.